The average molecular weight is 413 g/mol. The molecular formula is C15H15Br2N3O. The summed E-state index contributed by atoms with van der Waals surface area (Å²) in [4.78, 5) is 13.4. The molecule has 0 aliphatic rings. The van der Waals surface area contributed by atoms with E-state index < -0.39 is 0 Å². The quantitative estimate of drug-likeness (QED) is 0.741. The van der Waals surface area contributed by atoms with E-state index in [1.165, 1.54) is 4.90 Å². The molecule has 0 atom stereocenters. The largest absolute Gasteiger partial charge is 0.397 e. The normalized spacial score (nSPS) is 10.3. The standard InChI is InChI=1S/C15H15Br2N3O/c1-20(2)15(21)9-6-7-13(12(18)8-9)19-14-10(16)4-3-5-11(14)17/h3-8,19H,18H2,1-2H3. The smallest absolute Gasteiger partial charge is 0.253 e. The summed E-state index contributed by atoms with van der Waals surface area (Å²) in [5.41, 5.74) is 8.76. The molecular weight excluding hydrogens is 398 g/mol. The second kappa shape index (κ2) is 6.49. The van der Waals surface area contributed by atoms with Crippen molar-refractivity contribution in [2.45, 2.75) is 0 Å². The van der Waals surface area contributed by atoms with Crippen LogP contribution in [-0.2, 0) is 0 Å². The number of amides is 1. The van der Waals surface area contributed by atoms with Crippen LogP contribution in [0.3, 0.4) is 0 Å². The van der Waals surface area contributed by atoms with Gasteiger partial charge in [-0.3, -0.25) is 4.79 Å². The number of nitrogens with zero attached hydrogens (tertiary/aromatic N) is 1. The number of nitrogens with one attached hydrogen (secondary N) is 1. The Morgan fingerprint density at radius 3 is 2.29 bits per heavy atom. The minimum atomic E-state index is -0.0738. The summed E-state index contributed by atoms with van der Waals surface area (Å²) in [5, 5.41) is 3.26. The third kappa shape index (κ3) is 3.57. The third-order valence-corrected chi connectivity index (χ3v) is 4.25. The van der Waals surface area contributed by atoms with Gasteiger partial charge in [-0.1, -0.05) is 6.07 Å². The lowest BCUT2D eigenvalue weighted by molar-refractivity contribution is 0.0827. The van der Waals surface area contributed by atoms with E-state index in [1.54, 1.807) is 32.3 Å². The Morgan fingerprint density at radius 2 is 1.76 bits per heavy atom. The summed E-state index contributed by atoms with van der Waals surface area (Å²) in [7, 11) is 3.42. The molecule has 0 radical (unpaired) electrons. The predicted octanol–water partition coefficient (Wildman–Crippen LogP) is 4.24. The lowest BCUT2D eigenvalue weighted by Crippen LogP contribution is -2.21. The lowest BCUT2D eigenvalue weighted by atomic mass is 10.1. The Balaban J connectivity index is 2.32. The topological polar surface area (TPSA) is 58.4 Å². The van der Waals surface area contributed by atoms with Crippen molar-refractivity contribution in [2.75, 3.05) is 25.1 Å². The maximum atomic E-state index is 11.9. The molecule has 6 heteroatoms. The van der Waals surface area contributed by atoms with Crippen LogP contribution >= 0.6 is 31.9 Å². The number of hydrogen-bond donors (Lipinski definition) is 2. The number of carbonyl (C=O) groups excluding carboxylic acids is 1. The van der Waals surface area contributed by atoms with Crippen molar-refractivity contribution in [1.29, 1.82) is 0 Å². The fraction of sp³-hybridized carbons (Fsp3) is 0.133. The van der Waals surface area contributed by atoms with Gasteiger partial charge >= 0.3 is 0 Å². The molecule has 2 rings (SSSR count). The highest BCUT2D eigenvalue weighted by Gasteiger charge is 2.11. The van der Waals surface area contributed by atoms with Crippen LogP contribution in [0.1, 0.15) is 10.4 Å². The second-order valence-corrected chi connectivity index (χ2v) is 6.43. The van der Waals surface area contributed by atoms with E-state index in [1.807, 2.05) is 18.2 Å². The number of nitrogens with two attached hydrogens (primary N) is 1. The van der Waals surface area contributed by atoms with Crippen molar-refractivity contribution in [1.82, 2.24) is 4.90 Å². The number of hydrogen-bond acceptors (Lipinski definition) is 3. The van der Waals surface area contributed by atoms with E-state index in [2.05, 4.69) is 37.2 Å². The van der Waals surface area contributed by atoms with Crippen LogP contribution in [0.15, 0.2) is 45.3 Å². The summed E-state index contributed by atoms with van der Waals surface area (Å²) < 4.78 is 1.84. The monoisotopic (exact) mass is 411 g/mol. The Labute approximate surface area is 140 Å². The van der Waals surface area contributed by atoms with E-state index in [0.717, 1.165) is 20.3 Å². The van der Waals surface area contributed by atoms with Gasteiger partial charge in [0.2, 0.25) is 0 Å². The zero-order valence-electron chi connectivity index (χ0n) is 11.7. The van der Waals surface area contributed by atoms with Gasteiger partial charge in [0.1, 0.15) is 0 Å². The van der Waals surface area contributed by atoms with Gasteiger partial charge in [-0.25, -0.2) is 0 Å². The maximum absolute atomic E-state index is 11.9. The van der Waals surface area contributed by atoms with Crippen LogP contribution < -0.4 is 11.1 Å². The molecule has 21 heavy (non-hydrogen) atoms. The van der Waals surface area contributed by atoms with Crippen molar-refractivity contribution in [3.05, 3.63) is 50.9 Å². The SMILES string of the molecule is CN(C)C(=O)c1ccc(Nc2c(Br)cccc2Br)c(N)c1. The minimum Gasteiger partial charge on any atom is -0.397 e. The Hall–Kier alpha value is -1.53. The van der Waals surface area contributed by atoms with Gasteiger partial charge in [-0.15, -0.1) is 0 Å². The van der Waals surface area contributed by atoms with E-state index in [9.17, 15) is 4.79 Å². The average Bonchev–Trinajstić information content (AvgIpc) is 2.43. The summed E-state index contributed by atoms with van der Waals surface area (Å²) in [6.07, 6.45) is 0. The first-order valence-corrected chi connectivity index (χ1v) is 7.81. The molecule has 0 saturated heterocycles. The summed E-state index contributed by atoms with van der Waals surface area (Å²) >= 11 is 6.98. The maximum Gasteiger partial charge on any atom is 0.253 e. The number of rotatable bonds is 3. The van der Waals surface area contributed by atoms with Crippen molar-refractivity contribution in [3.8, 4) is 0 Å². The lowest BCUT2D eigenvalue weighted by Gasteiger charge is -2.15. The summed E-state index contributed by atoms with van der Waals surface area (Å²) in [5.74, 6) is -0.0738. The van der Waals surface area contributed by atoms with Crippen LogP contribution in [0.25, 0.3) is 0 Å². The molecule has 0 spiro atoms. The molecule has 0 aliphatic heterocycles. The van der Waals surface area contributed by atoms with Gasteiger partial charge in [-0.05, 0) is 62.2 Å². The number of nitrogen functional groups attached to an aromatic ring is 1. The van der Waals surface area contributed by atoms with Gasteiger partial charge in [0.05, 0.1) is 17.1 Å². The molecule has 0 unspecified atom stereocenters. The Morgan fingerprint density at radius 1 is 1.14 bits per heavy atom. The molecule has 0 heterocycles. The molecule has 0 saturated carbocycles. The van der Waals surface area contributed by atoms with E-state index in [0.29, 0.717) is 11.3 Å². The van der Waals surface area contributed by atoms with Gasteiger partial charge < -0.3 is 16.0 Å². The van der Waals surface area contributed by atoms with Gasteiger partial charge in [0.15, 0.2) is 0 Å². The molecule has 110 valence electrons. The second-order valence-electron chi connectivity index (χ2n) is 4.72. The van der Waals surface area contributed by atoms with Crippen molar-refractivity contribution >= 4 is 54.8 Å². The van der Waals surface area contributed by atoms with Crippen LogP contribution in [0.2, 0.25) is 0 Å². The first-order valence-electron chi connectivity index (χ1n) is 6.22. The van der Waals surface area contributed by atoms with Crippen LogP contribution in [0.4, 0.5) is 17.1 Å². The van der Waals surface area contributed by atoms with Gasteiger partial charge in [0.25, 0.3) is 5.91 Å². The van der Waals surface area contributed by atoms with Crippen molar-refractivity contribution in [2.24, 2.45) is 0 Å². The highest BCUT2D eigenvalue weighted by molar-refractivity contribution is 9.11. The van der Waals surface area contributed by atoms with E-state index in [4.69, 9.17) is 5.73 Å². The van der Waals surface area contributed by atoms with Crippen LogP contribution in [0.5, 0.6) is 0 Å². The zero-order valence-corrected chi connectivity index (χ0v) is 14.8. The molecule has 4 nitrogen and oxygen atoms in total. The zero-order chi connectivity index (χ0) is 15.6. The fourth-order valence-corrected chi connectivity index (χ4v) is 3.02. The number of halogens is 2. The van der Waals surface area contributed by atoms with Gasteiger partial charge in [0, 0.05) is 28.6 Å². The number of para-hydroxylation sites is 1. The van der Waals surface area contributed by atoms with E-state index >= 15 is 0 Å². The van der Waals surface area contributed by atoms with Crippen molar-refractivity contribution in [3.63, 3.8) is 0 Å². The van der Waals surface area contributed by atoms with Crippen LogP contribution in [0, 0.1) is 0 Å². The highest BCUT2D eigenvalue weighted by atomic mass is 79.9. The fourth-order valence-electron chi connectivity index (χ4n) is 1.82. The molecule has 0 aromatic heterocycles. The van der Waals surface area contributed by atoms with E-state index in [-0.39, 0.29) is 5.91 Å². The molecule has 0 bridgehead atoms. The third-order valence-electron chi connectivity index (χ3n) is 2.93. The highest BCUT2D eigenvalue weighted by Crippen LogP contribution is 2.34. The first kappa shape index (κ1) is 15.9. The minimum absolute atomic E-state index is 0.0738. The summed E-state index contributed by atoms with van der Waals surface area (Å²) in [6.45, 7) is 0. The Bertz CT molecular complexity index is 666. The number of anilines is 3. The molecule has 2 aromatic carbocycles. The molecule has 0 aliphatic carbocycles. The molecule has 1 amide bonds. The van der Waals surface area contributed by atoms with Gasteiger partial charge in [-0.2, -0.15) is 0 Å². The summed E-state index contributed by atoms with van der Waals surface area (Å²) in [6, 6.07) is 11.0. The number of benzene rings is 2. The molecule has 2 aromatic rings. The molecule has 3 N–H and O–H groups in total. The Kier molecular flexibility index (Phi) is 4.90. The predicted molar refractivity (Wildman–Crippen MR) is 94.0 cm³/mol. The molecule has 0 fully saturated rings. The van der Waals surface area contributed by atoms with Crippen LogP contribution in [-0.4, -0.2) is 24.9 Å². The van der Waals surface area contributed by atoms with Crippen molar-refractivity contribution < 1.29 is 4.79 Å². The first-order chi connectivity index (χ1) is 9.90. The number of carbonyl (C=O) groups is 1.